The third-order valence-corrected chi connectivity index (χ3v) is 4.28. The van der Waals surface area contributed by atoms with Crippen LogP contribution in [0.15, 0.2) is 16.8 Å². The first-order chi connectivity index (χ1) is 16.0. The maximum absolute atomic E-state index is 4.77. The first-order valence-corrected chi connectivity index (χ1v) is 9.55. The van der Waals surface area contributed by atoms with Crippen LogP contribution in [0, 0.1) is 27.7 Å². The Hall–Kier alpha value is -4.96. The summed E-state index contributed by atoms with van der Waals surface area (Å²) < 4.78 is 7.84. The zero-order valence-electron chi connectivity index (χ0n) is 17.8. The second kappa shape index (κ2) is 7.94. The Bertz CT molecular complexity index is 1290. The average Bonchev–Trinajstić information content (AvgIpc) is 3.48. The maximum Gasteiger partial charge on any atom is 0.289 e. The lowest BCUT2D eigenvalue weighted by atomic mass is 10.4. The molecule has 5 aromatic heterocycles. The number of hydrogen-bond donors (Lipinski definition) is 2. The summed E-state index contributed by atoms with van der Waals surface area (Å²) in [7, 11) is 0. The summed E-state index contributed by atoms with van der Waals surface area (Å²) in [6.45, 7) is 7.50. The molecule has 0 amide bonds. The monoisotopic (exact) mass is 448 g/mol. The van der Waals surface area contributed by atoms with Gasteiger partial charge in [0.25, 0.3) is 23.8 Å². The first kappa shape index (κ1) is 20.0. The fourth-order valence-corrected chi connectivity index (χ4v) is 2.94. The van der Waals surface area contributed by atoms with Gasteiger partial charge in [-0.1, -0.05) is 0 Å². The number of rotatable bonds is 6. The molecule has 33 heavy (non-hydrogen) atoms. The molecule has 5 aromatic rings. The average molecular weight is 448 g/mol. The van der Waals surface area contributed by atoms with E-state index >= 15 is 0 Å². The predicted octanol–water partition coefficient (Wildman–Crippen LogP) is 0.322. The Kier molecular flexibility index (Phi) is 4.81. The Morgan fingerprint density at radius 3 is 1.33 bits per heavy atom. The van der Waals surface area contributed by atoms with Gasteiger partial charge in [-0.3, -0.25) is 0 Å². The van der Waals surface area contributed by atoms with Crippen LogP contribution in [0.5, 0.6) is 0 Å². The van der Waals surface area contributed by atoms with Crippen molar-refractivity contribution in [1.82, 2.24) is 70.7 Å². The van der Waals surface area contributed by atoms with Gasteiger partial charge < -0.3 is 10.6 Å². The van der Waals surface area contributed by atoms with Gasteiger partial charge in [0.2, 0.25) is 11.6 Å². The lowest BCUT2D eigenvalue weighted by Crippen LogP contribution is -2.11. The second-order valence-electron chi connectivity index (χ2n) is 6.94. The molecule has 0 aliphatic rings. The van der Waals surface area contributed by atoms with Crippen molar-refractivity contribution in [2.45, 2.75) is 27.7 Å². The number of nitrogens with zero attached hydrogens (tertiary/aromatic N) is 14. The van der Waals surface area contributed by atoms with Crippen LogP contribution in [0.2, 0.25) is 0 Å². The topological polar surface area (TPSA) is 202 Å². The van der Waals surface area contributed by atoms with Crippen LogP contribution in [0.4, 0.5) is 23.5 Å². The van der Waals surface area contributed by atoms with Crippen molar-refractivity contribution in [3.63, 3.8) is 0 Å². The quantitative estimate of drug-likeness (QED) is 0.359. The highest BCUT2D eigenvalue weighted by molar-refractivity contribution is 5.66. The number of aryl methyl sites for hydroxylation is 4. The van der Waals surface area contributed by atoms with Crippen LogP contribution < -0.4 is 10.6 Å². The standard InChI is InChI=1S/C16H16N16O/c1-7-5-9(3)31(27-7)15-23-19-13(20-24-15)17-11-12(30-33-29-11)18-14-21-25-16(26-22-14)32-10(4)6-8(2)28-32/h5-6H,1-4H3,(H,17,19,20,29)(H,18,21,22,30). The molecule has 0 saturated heterocycles. The van der Waals surface area contributed by atoms with Gasteiger partial charge in [0, 0.05) is 11.4 Å². The van der Waals surface area contributed by atoms with Crippen molar-refractivity contribution in [1.29, 1.82) is 0 Å². The van der Waals surface area contributed by atoms with Crippen molar-refractivity contribution >= 4 is 23.5 Å². The van der Waals surface area contributed by atoms with Crippen molar-refractivity contribution < 1.29 is 4.63 Å². The van der Waals surface area contributed by atoms with Gasteiger partial charge in [-0.05, 0) is 50.1 Å². The van der Waals surface area contributed by atoms with Crippen LogP contribution in [0.3, 0.4) is 0 Å². The molecule has 0 saturated carbocycles. The normalized spacial score (nSPS) is 11.0. The summed E-state index contributed by atoms with van der Waals surface area (Å²) >= 11 is 0. The smallest absolute Gasteiger partial charge is 0.289 e. The number of nitrogens with one attached hydrogen (secondary N) is 2. The van der Waals surface area contributed by atoms with E-state index in [0.717, 1.165) is 22.8 Å². The van der Waals surface area contributed by atoms with E-state index in [9.17, 15) is 0 Å². The molecule has 166 valence electrons. The van der Waals surface area contributed by atoms with Crippen molar-refractivity contribution in [2.24, 2.45) is 0 Å². The lowest BCUT2D eigenvalue weighted by Gasteiger charge is -2.04. The summed E-state index contributed by atoms with van der Waals surface area (Å²) in [5, 5.41) is 53.8. The van der Waals surface area contributed by atoms with Gasteiger partial charge in [0.05, 0.1) is 11.4 Å². The van der Waals surface area contributed by atoms with Crippen LogP contribution in [0.25, 0.3) is 11.9 Å². The zero-order valence-corrected chi connectivity index (χ0v) is 17.8. The third kappa shape index (κ3) is 4.01. The highest BCUT2D eigenvalue weighted by Crippen LogP contribution is 2.21. The van der Waals surface area contributed by atoms with Gasteiger partial charge in [0.1, 0.15) is 0 Å². The van der Waals surface area contributed by atoms with Gasteiger partial charge in [-0.25, -0.2) is 14.0 Å². The van der Waals surface area contributed by atoms with Crippen molar-refractivity contribution in [2.75, 3.05) is 10.6 Å². The zero-order chi connectivity index (χ0) is 22.9. The fourth-order valence-electron chi connectivity index (χ4n) is 2.94. The van der Waals surface area contributed by atoms with Gasteiger partial charge >= 0.3 is 0 Å². The van der Waals surface area contributed by atoms with Crippen LogP contribution in [0.1, 0.15) is 22.8 Å². The number of hydrogen-bond acceptors (Lipinski definition) is 15. The molecule has 0 atom stereocenters. The Labute approximate surface area is 184 Å². The van der Waals surface area contributed by atoms with Crippen LogP contribution in [-0.4, -0.2) is 70.7 Å². The highest BCUT2D eigenvalue weighted by Gasteiger charge is 2.16. The summed E-state index contributed by atoms with van der Waals surface area (Å²) in [5.41, 5.74) is 3.37. The van der Waals surface area contributed by atoms with Gasteiger partial charge in [-0.2, -0.15) is 10.2 Å². The molecule has 0 aromatic carbocycles. The second-order valence-corrected chi connectivity index (χ2v) is 6.94. The van der Waals surface area contributed by atoms with Crippen molar-refractivity contribution in [3.8, 4) is 11.9 Å². The van der Waals surface area contributed by atoms with E-state index in [4.69, 9.17) is 4.63 Å². The van der Waals surface area contributed by atoms with Gasteiger partial charge in [0.15, 0.2) is 0 Å². The van der Waals surface area contributed by atoms with E-state index in [1.165, 1.54) is 9.36 Å². The number of anilines is 4. The minimum atomic E-state index is 0.0658. The van der Waals surface area contributed by atoms with Crippen molar-refractivity contribution in [3.05, 3.63) is 34.9 Å². The molecule has 17 nitrogen and oxygen atoms in total. The molecular formula is C16H16N16O. The molecule has 0 aliphatic carbocycles. The fraction of sp³-hybridized carbons (Fsp3) is 0.250. The van der Waals surface area contributed by atoms with E-state index < -0.39 is 0 Å². The SMILES string of the molecule is Cc1cc(C)n(-c2nnc(Nc3nonc3Nc3nnc(-n4nc(C)cc4C)nn3)nn2)n1. The van der Waals surface area contributed by atoms with Crippen LogP contribution in [-0.2, 0) is 0 Å². The summed E-state index contributed by atoms with van der Waals surface area (Å²) in [4.78, 5) is 0. The predicted molar refractivity (Wildman–Crippen MR) is 109 cm³/mol. The maximum atomic E-state index is 4.77. The minimum Gasteiger partial charge on any atom is -0.300 e. The Morgan fingerprint density at radius 2 is 1.00 bits per heavy atom. The molecule has 2 N–H and O–H groups in total. The summed E-state index contributed by atoms with van der Waals surface area (Å²) in [6, 6.07) is 3.79. The largest absolute Gasteiger partial charge is 0.300 e. The van der Waals surface area contributed by atoms with E-state index in [1.54, 1.807) is 0 Å². The van der Waals surface area contributed by atoms with Crippen LogP contribution >= 0.6 is 0 Å². The molecule has 0 unspecified atom stereocenters. The minimum absolute atomic E-state index is 0.0658. The third-order valence-electron chi connectivity index (χ3n) is 4.28. The Morgan fingerprint density at radius 1 is 0.606 bits per heavy atom. The molecule has 0 aliphatic heterocycles. The van der Waals surface area contributed by atoms with Gasteiger partial charge in [-0.15, -0.1) is 40.8 Å². The Balaban J connectivity index is 1.30. The molecular weight excluding hydrogens is 432 g/mol. The summed E-state index contributed by atoms with van der Waals surface area (Å²) in [6.07, 6.45) is 0. The van der Waals surface area contributed by atoms with E-state index in [1.807, 2.05) is 39.8 Å². The first-order valence-electron chi connectivity index (χ1n) is 9.55. The molecule has 0 bridgehead atoms. The molecule has 5 heterocycles. The molecule has 0 fully saturated rings. The molecule has 17 heteroatoms. The lowest BCUT2D eigenvalue weighted by molar-refractivity contribution is 0.310. The molecule has 0 spiro atoms. The van der Waals surface area contributed by atoms with E-state index in [2.05, 4.69) is 71.9 Å². The highest BCUT2D eigenvalue weighted by atomic mass is 16.6. The van der Waals surface area contributed by atoms with E-state index in [-0.39, 0.29) is 35.4 Å². The van der Waals surface area contributed by atoms with E-state index in [0.29, 0.717) is 0 Å². The summed E-state index contributed by atoms with van der Waals surface area (Å²) in [5.74, 6) is 0.909. The molecule has 5 rings (SSSR count). The number of aromatic nitrogens is 14. The molecule has 0 radical (unpaired) electrons.